The van der Waals surface area contributed by atoms with Crippen LogP contribution in [0, 0.1) is 5.92 Å². The number of nitrogens with one attached hydrogen (secondary N) is 1. The first-order chi connectivity index (χ1) is 14.7. The molecular weight excluding hydrogens is 444 g/mol. The van der Waals surface area contributed by atoms with E-state index in [0.29, 0.717) is 36.8 Å². The number of hydrogen-bond donors (Lipinski definition) is 2. The number of nitrogens with zero attached hydrogens (tertiary/aromatic N) is 1. The van der Waals surface area contributed by atoms with Crippen molar-refractivity contribution >= 4 is 44.9 Å². The molecule has 0 unspecified atom stereocenters. The summed E-state index contributed by atoms with van der Waals surface area (Å²) >= 11 is 5.80. The van der Waals surface area contributed by atoms with Gasteiger partial charge in [-0.2, -0.15) is 0 Å². The molecule has 0 bridgehead atoms. The van der Waals surface area contributed by atoms with E-state index in [0.717, 1.165) is 6.42 Å². The summed E-state index contributed by atoms with van der Waals surface area (Å²) in [5.74, 6) is -1.82. The summed E-state index contributed by atoms with van der Waals surface area (Å²) in [5.41, 5.74) is 0.360. The highest BCUT2D eigenvalue weighted by Gasteiger charge is 2.28. The van der Waals surface area contributed by atoms with Crippen LogP contribution in [0.2, 0.25) is 5.02 Å². The number of carbonyl (C=O) groups is 2. The zero-order chi connectivity index (χ0) is 22.6. The average Bonchev–Trinajstić information content (AvgIpc) is 2.74. The van der Waals surface area contributed by atoms with Crippen molar-refractivity contribution in [2.75, 3.05) is 29.3 Å². The number of benzene rings is 2. The Labute approximate surface area is 185 Å². The molecule has 2 aromatic carbocycles. The van der Waals surface area contributed by atoms with Gasteiger partial charge in [0, 0.05) is 23.8 Å². The quantitative estimate of drug-likeness (QED) is 0.599. The second kappa shape index (κ2) is 9.57. The maximum atomic E-state index is 12.6. The number of piperidine rings is 1. The van der Waals surface area contributed by atoms with Crippen LogP contribution in [0.1, 0.15) is 30.1 Å². The molecule has 1 saturated heterocycles. The number of sulfonamides is 1. The number of carboxylic acid groups (broad SMARTS) is 1. The Morgan fingerprint density at radius 2 is 1.94 bits per heavy atom. The highest BCUT2D eigenvalue weighted by atomic mass is 35.5. The number of aromatic carboxylic acids is 1. The van der Waals surface area contributed by atoms with Crippen molar-refractivity contribution in [2.45, 2.75) is 24.7 Å². The lowest BCUT2D eigenvalue weighted by Gasteiger charge is -2.33. The van der Waals surface area contributed by atoms with Gasteiger partial charge in [-0.3, -0.25) is 9.52 Å². The van der Waals surface area contributed by atoms with Crippen molar-refractivity contribution in [1.29, 1.82) is 0 Å². The molecule has 10 heteroatoms. The molecule has 31 heavy (non-hydrogen) atoms. The van der Waals surface area contributed by atoms with Crippen LogP contribution in [0.25, 0.3) is 0 Å². The zero-order valence-corrected chi connectivity index (χ0v) is 18.4. The van der Waals surface area contributed by atoms with E-state index in [9.17, 15) is 23.1 Å². The molecule has 166 valence electrons. The van der Waals surface area contributed by atoms with Gasteiger partial charge in [0.2, 0.25) is 0 Å². The van der Waals surface area contributed by atoms with Crippen LogP contribution >= 0.6 is 11.6 Å². The molecule has 0 saturated carbocycles. The van der Waals surface area contributed by atoms with E-state index >= 15 is 0 Å². The molecule has 1 fully saturated rings. The van der Waals surface area contributed by atoms with E-state index in [4.69, 9.17) is 16.3 Å². The third-order valence-corrected chi connectivity index (χ3v) is 6.64. The van der Waals surface area contributed by atoms with Gasteiger partial charge < -0.3 is 14.7 Å². The van der Waals surface area contributed by atoms with E-state index in [2.05, 4.69) is 4.72 Å². The van der Waals surface area contributed by atoms with Gasteiger partial charge >= 0.3 is 11.9 Å². The Morgan fingerprint density at radius 1 is 1.23 bits per heavy atom. The first kappa shape index (κ1) is 22.9. The molecular formula is C21H23ClN2O6S. The summed E-state index contributed by atoms with van der Waals surface area (Å²) in [7, 11) is -4.00. The van der Waals surface area contributed by atoms with Crippen molar-refractivity contribution in [3.8, 4) is 0 Å². The molecule has 1 aliphatic rings. The summed E-state index contributed by atoms with van der Waals surface area (Å²) < 4.78 is 32.7. The van der Waals surface area contributed by atoms with E-state index in [-0.39, 0.29) is 28.0 Å². The number of esters is 1. The second-order valence-corrected chi connectivity index (χ2v) is 9.25. The van der Waals surface area contributed by atoms with Gasteiger partial charge in [0.15, 0.2) is 0 Å². The highest BCUT2D eigenvalue weighted by Crippen LogP contribution is 2.29. The molecule has 2 aromatic rings. The highest BCUT2D eigenvalue weighted by molar-refractivity contribution is 7.92. The predicted octanol–water partition coefficient (Wildman–Crippen LogP) is 3.62. The van der Waals surface area contributed by atoms with Crippen LogP contribution < -0.4 is 9.62 Å². The number of rotatable bonds is 7. The van der Waals surface area contributed by atoms with Gasteiger partial charge in [-0.25, -0.2) is 13.2 Å². The minimum Gasteiger partial charge on any atom is -0.478 e. The lowest BCUT2D eigenvalue weighted by atomic mass is 9.97. The van der Waals surface area contributed by atoms with E-state index in [1.165, 1.54) is 36.4 Å². The Kier molecular flexibility index (Phi) is 7.07. The number of hydrogen-bond acceptors (Lipinski definition) is 6. The van der Waals surface area contributed by atoms with E-state index in [1.807, 2.05) is 4.90 Å². The Hall–Kier alpha value is -2.78. The van der Waals surface area contributed by atoms with E-state index in [1.54, 1.807) is 13.0 Å². The Bertz CT molecular complexity index is 1070. The summed E-state index contributed by atoms with van der Waals surface area (Å²) in [6, 6.07) is 10.0. The fraction of sp³-hybridized carbons (Fsp3) is 0.333. The fourth-order valence-electron chi connectivity index (χ4n) is 3.48. The summed E-state index contributed by atoms with van der Waals surface area (Å²) in [6.45, 7) is 3.13. The molecule has 8 nitrogen and oxygen atoms in total. The molecule has 0 radical (unpaired) electrons. The number of ether oxygens (including phenoxy) is 1. The topological polar surface area (TPSA) is 113 Å². The van der Waals surface area contributed by atoms with Gasteiger partial charge in [-0.15, -0.1) is 0 Å². The monoisotopic (exact) mass is 466 g/mol. The largest absolute Gasteiger partial charge is 0.478 e. The maximum Gasteiger partial charge on any atom is 0.337 e. The number of halogens is 1. The maximum absolute atomic E-state index is 12.6. The standard InChI is InChI=1S/C21H23ClN2O6S/c1-2-30-21(27)14-4-3-11-24(13-14)16-7-10-19(18(12-16)20(25)26)23-31(28,29)17-8-5-15(22)6-9-17/h5-10,12,14,23H,2-4,11,13H2,1H3,(H,25,26)/t14-/m0/s1. The molecule has 0 aliphatic carbocycles. The van der Waals surface area contributed by atoms with Gasteiger partial charge in [0.25, 0.3) is 10.0 Å². The lowest BCUT2D eigenvalue weighted by molar-refractivity contribution is -0.148. The third kappa shape index (κ3) is 5.48. The normalized spacial score (nSPS) is 16.6. The fourth-order valence-corrected chi connectivity index (χ4v) is 4.68. The van der Waals surface area contributed by atoms with Crippen molar-refractivity contribution < 1.29 is 27.9 Å². The van der Waals surface area contributed by atoms with Crippen LogP contribution in [0.3, 0.4) is 0 Å². The summed E-state index contributed by atoms with van der Waals surface area (Å²) in [6.07, 6.45) is 1.47. The molecule has 1 heterocycles. The molecule has 0 aromatic heterocycles. The summed E-state index contributed by atoms with van der Waals surface area (Å²) in [5, 5.41) is 10.0. The second-order valence-electron chi connectivity index (χ2n) is 7.13. The molecule has 3 rings (SSSR count). The molecule has 0 amide bonds. The lowest BCUT2D eigenvalue weighted by Crippen LogP contribution is -2.39. The van der Waals surface area contributed by atoms with Crippen LogP contribution in [0.4, 0.5) is 11.4 Å². The van der Waals surface area contributed by atoms with Crippen molar-refractivity contribution in [3.63, 3.8) is 0 Å². The number of anilines is 2. The van der Waals surface area contributed by atoms with Gasteiger partial charge in [0.05, 0.1) is 28.7 Å². The van der Waals surface area contributed by atoms with Crippen molar-refractivity contribution in [3.05, 3.63) is 53.1 Å². The minimum atomic E-state index is -4.00. The van der Waals surface area contributed by atoms with Crippen LogP contribution in [-0.2, 0) is 19.6 Å². The average molecular weight is 467 g/mol. The van der Waals surface area contributed by atoms with Gasteiger partial charge in [-0.05, 0) is 62.2 Å². The first-order valence-electron chi connectivity index (χ1n) is 9.78. The molecule has 2 N–H and O–H groups in total. The van der Waals surface area contributed by atoms with Crippen LogP contribution in [-0.4, -0.2) is 45.2 Å². The van der Waals surface area contributed by atoms with Crippen molar-refractivity contribution in [1.82, 2.24) is 0 Å². The zero-order valence-electron chi connectivity index (χ0n) is 16.9. The van der Waals surface area contributed by atoms with Crippen LogP contribution in [0.15, 0.2) is 47.4 Å². The Balaban J connectivity index is 1.85. The van der Waals surface area contributed by atoms with Gasteiger partial charge in [0.1, 0.15) is 0 Å². The number of carbonyl (C=O) groups excluding carboxylic acids is 1. The smallest absolute Gasteiger partial charge is 0.337 e. The molecule has 0 spiro atoms. The van der Waals surface area contributed by atoms with Gasteiger partial charge in [-0.1, -0.05) is 11.6 Å². The van der Waals surface area contributed by atoms with Crippen molar-refractivity contribution in [2.24, 2.45) is 5.92 Å². The minimum absolute atomic E-state index is 0.0365. The summed E-state index contributed by atoms with van der Waals surface area (Å²) in [4.78, 5) is 25.8. The predicted molar refractivity (Wildman–Crippen MR) is 117 cm³/mol. The van der Waals surface area contributed by atoms with E-state index < -0.39 is 16.0 Å². The third-order valence-electron chi connectivity index (χ3n) is 5.01. The Morgan fingerprint density at radius 3 is 2.58 bits per heavy atom. The first-order valence-corrected chi connectivity index (χ1v) is 11.6. The SMILES string of the molecule is CCOC(=O)[C@H]1CCCN(c2ccc(NS(=O)(=O)c3ccc(Cl)cc3)c(C(=O)O)c2)C1. The van der Waals surface area contributed by atoms with Crippen LogP contribution in [0.5, 0.6) is 0 Å². The molecule has 1 atom stereocenters. The molecule has 1 aliphatic heterocycles. The number of carboxylic acids is 1.